The van der Waals surface area contributed by atoms with Crippen molar-refractivity contribution in [1.29, 1.82) is 0 Å². The third-order valence-corrected chi connectivity index (χ3v) is 4.92. The van der Waals surface area contributed by atoms with E-state index in [9.17, 15) is 13.5 Å². The van der Waals surface area contributed by atoms with Gasteiger partial charge in [-0.1, -0.05) is 6.07 Å². The molecule has 2 aromatic rings. The minimum Gasteiger partial charge on any atom is -0.493 e. The highest BCUT2D eigenvalue weighted by Gasteiger charge is 2.19. The van der Waals surface area contributed by atoms with E-state index in [0.29, 0.717) is 12.2 Å². The van der Waals surface area contributed by atoms with Crippen LogP contribution in [0.2, 0.25) is 0 Å². The zero-order valence-electron chi connectivity index (χ0n) is 11.8. The average Bonchev–Trinajstić information content (AvgIpc) is 3.01. The molecule has 0 saturated heterocycles. The Bertz CT molecular complexity index is 762. The lowest BCUT2D eigenvalue weighted by atomic mass is 10.0. The molecule has 6 nitrogen and oxygen atoms in total. The number of hydrogen-bond acceptors (Lipinski definition) is 5. The van der Waals surface area contributed by atoms with Gasteiger partial charge in [0.2, 0.25) is 10.0 Å². The summed E-state index contributed by atoms with van der Waals surface area (Å²) < 4.78 is 31.9. The Balaban J connectivity index is 1.69. The third kappa shape index (κ3) is 3.11. The van der Waals surface area contributed by atoms with E-state index in [0.717, 1.165) is 17.7 Å². The molecule has 116 valence electrons. The molecule has 2 N–H and O–H groups in total. The van der Waals surface area contributed by atoms with Gasteiger partial charge in [0, 0.05) is 25.4 Å². The fourth-order valence-electron chi connectivity index (χ4n) is 2.31. The maximum absolute atomic E-state index is 12.1. The monoisotopic (exact) mass is 320 g/mol. The second-order valence-corrected chi connectivity index (χ2v) is 6.79. The van der Waals surface area contributed by atoms with Gasteiger partial charge < -0.3 is 9.84 Å². The quantitative estimate of drug-likeness (QED) is 0.859. The fourth-order valence-corrected chi connectivity index (χ4v) is 3.31. The van der Waals surface area contributed by atoms with Gasteiger partial charge in [-0.25, -0.2) is 13.1 Å². The normalized spacial score (nSPS) is 15.1. The van der Waals surface area contributed by atoms with Crippen LogP contribution in [-0.4, -0.2) is 31.7 Å². The van der Waals surface area contributed by atoms with Crippen LogP contribution in [0.25, 0.3) is 0 Å². The largest absolute Gasteiger partial charge is 0.493 e. The average molecular weight is 320 g/mol. The highest BCUT2D eigenvalue weighted by molar-refractivity contribution is 7.89. The van der Waals surface area contributed by atoms with Crippen LogP contribution in [0.15, 0.2) is 47.6 Å². The van der Waals surface area contributed by atoms with Crippen LogP contribution < -0.4 is 9.46 Å². The molecule has 7 heteroatoms. The van der Waals surface area contributed by atoms with Crippen molar-refractivity contribution in [3.05, 3.63) is 53.9 Å². The summed E-state index contributed by atoms with van der Waals surface area (Å²) in [6, 6.07) is 8.40. The maximum Gasteiger partial charge on any atom is 0.242 e. The Morgan fingerprint density at radius 1 is 1.36 bits per heavy atom. The number of sulfonamides is 1. The summed E-state index contributed by atoms with van der Waals surface area (Å²) in [4.78, 5) is 3.85. The number of nitrogens with zero attached hydrogens (tertiary/aromatic N) is 1. The Hall–Kier alpha value is -1.96. The first-order valence-corrected chi connectivity index (χ1v) is 8.38. The molecule has 1 atom stereocenters. The van der Waals surface area contributed by atoms with Crippen LogP contribution in [-0.2, 0) is 16.4 Å². The molecule has 1 aromatic carbocycles. The van der Waals surface area contributed by atoms with E-state index in [1.54, 1.807) is 18.2 Å². The number of benzene rings is 1. The van der Waals surface area contributed by atoms with Crippen molar-refractivity contribution in [1.82, 2.24) is 9.71 Å². The van der Waals surface area contributed by atoms with Crippen molar-refractivity contribution in [3.8, 4) is 5.75 Å². The van der Waals surface area contributed by atoms with Crippen molar-refractivity contribution in [2.24, 2.45) is 0 Å². The van der Waals surface area contributed by atoms with E-state index in [2.05, 4.69) is 9.71 Å². The Morgan fingerprint density at radius 3 is 3.00 bits per heavy atom. The summed E-state index contributed by atoms with van der Waals surface area (Å²) in [6.07, 6.45) is 2.65. The molecular formula is C15H16N2O4S. The topological polar surface area (TPSA) is 88.5 Å². The molecule has 0 saturated carbocycles. The van der Waals surface area contributed by atoms with E-state index in [4.69, 9.17) is 4.74 Å². The van der Waals surface area contributed by atoms with Crippen LogP contribution in [0, 0.1) is 0 Å². The number of hydrogen-bond donors (Lipinski definition) is 2. The Labute approximate surface area is 128 Å². The summed E-state index contributed by atoms with van der Waals surface area (Å²) in [5.41, 5.74) is 1.70. The van der Waals surface area contributed by atoms with Crippen molar-refractivity contribution in [2.45, 2.75) is 17.4 Å². The van der Waals surface area contributed by atoms with Gasteiger partial charge in [-0.2, -0.15) is 0 Å². The predicted octanol–water partition coefficient (Wildman–Crippen LogP) is 1.03. The molecule has 2 heterocycles. The zero-order chi connectivity index (χ0) is 15.6. The van der Waals surface area contributed by atoms with Crippen molar-refractivity contribution >= 4 is 10.0 Å². The SMILES string of the molecule is O=S(=O)(NC[C@H](O)c1ccc2c(c1)CCO2)c1cccnc1. The smallest absolute Gasteiger partial charge is 0.242 e. The van der Waals surface area contributed by atoms with E-state index in [1.165, 1.54) is 18.5 Å². The summed E-state index contributed by atoms with van der Waals surface area (Å²) in [6.45, 7) is 0.541. The molecule has 1 aliphatic rings. The number of pyridine rings is 1. The highest BCUT2D eigenvalue weighted by atomic mass is 32.2. The zero-order valence-corrected chi connectivity index (χ0v) is 12.6. The Kier molecular flexibility index (Phi) is 4.10. The first kappa shape index (κ1) is 15.0. The number of ether oxygens (including phenoxy) is 1. The lowest BCUT2D eigenvalue weighted by Crippen LogP contribution is -2.28. The van der Waals surface area contributed by atoms with Gasteiger partial charge in [-0.15, -0.1) is 0 Å². The molecule has 0 aliphatic carbocycles. The first-order chi connectivity index (χ1) is 10.6. The van der Waals surface area contributed by atoms with Crippen LogP contribution in [0.5, 0.6) is 5.75 Å². The molecule has 0 fully saturated rings. The van der Waals surface area contributed by atoms with Gasteiger partial charge in [-0.3, -0.25) is 4.98 Å². The predicted molar refractivity (Wildman–Crippen MR) is 80.0 cm³/mol. The van der Waals surface area contributed by atoms with E-state index < -0.39 is 16.1 Å². The Morgan fingerprint density at radius 2 is 2.23 bits per heavy atom. The number of nitrogens with one attached hydrogen (secondary N) is 1. The highest BCUT2D eigenvalue weighted by Crippen LogP contribution is 2.28. The molecule has 0 bridgehead atoms. The number of aliphatic hydroxyl groups excluding tert-OH is 1. The second kappa shape index (κ2) is 6.04. The van der Waals surface area contributed by atoms with Crippen LogP contribution in [0.3, 0.4) is 0 Å². The summed E-state index contributed by atoms with van der Waals surface area (Å²) in [5, 5.41) is 10.2. The maximum atomic E-state index is 12.1. The second-order valence-electron chi connectivity index (χ2n) is 5.02. The van der Waals surface area contributed by atoms with Crippen LogP contribution >= 0.6 is 0 Å². The van der Waals surface area contributed by atoms with Gasteiger partial charge >= 0.3 is 0 Å². The standard InChI is InChI=1S/C15H16N2O4S/c18-14(11-3-4-15-12(8-11)5-7-21-15)10-17-22(19,20)13-2-1-6-16-9-13/h1-4,6,8-9,14,17-18H,5,7,10H2/t14-/m0/s1. The summed E-state index contributed by atoms with van der Waals surface area (Å²) in [5.74, 6) is 0.826. The number of rotatable bonds is 5. The number of aliphatic hydroxyl groups is 1. The lowest BCUT2D eigenvalue weighted by Gasteiger charge is -2.13. The minimum atomic E-state index is -3.67. The van der Waals surface area contributed by atoms with Gasteiger partial charge in [0.15, 0.2) is 0 Å². The molecule has 0 amide bonds. The first-order valence-electron chi connectivity index (χ1n) is 6.90. The minimum absolute atomic E-state index is 0.0737. The van der Waals surface area contributed by atoms with Crippen molar-refractivity contribution in [2.75, 3.05) is 13.2 Å². The van der Waals surface area contributed by atoms with E-state index in [-0.39, 0.29) is 11.4 Å². The van der Waals surface area contributed by atoms with Crippen molar-refractivity contribution < 1.29 is 18.3 Å². The molecule has 0 radical (unpaired) electrons. The number of fused-ring (bicyclic) bond motifs is 1. The molecule has 1 aromatic heterocycles. The van der Waals surface area contributed by atoms with E-state index in [1.807, 2.05) is 6.07 Å². The lowest BCUT2D eigenvalue weighted by molar-refractivity contribution is 0.182. The molecule has 0 unspecified atom stereocenters. The molecule has 3 rings (SSSR count). The fraction of sp³-hybridized carbons (Fsp3) is 0.267. The van der Waals surface area contributed by atoms with Gasteiger partial charge in [0.1, 0.15) is 10.6 Å². The van der Waals surface area contributed by atoms with E-state index >= 15 is 0 Å². The van der Waals surface area contributed by atoms with Crippen LogP contribution in [0.4, 0.5) is 0 Å². The molecule has 22 heavy (non-hydrogen) atoms. The van der Waals surface area contributed by atoms with Gasteiger partial charge in [0.25, 0.3) is 0 Å². The van der Waals surface area contributed by atoms with Crippen LogP contribution in [0.1, 0.15) is 17.2 Å². The number of aromatic nitrogens is 1. The summed E-state index contributed by atoms with van der Waals surface area (Å²) in [7, 11) is -3.67. The molecule has 1 aliphatic heterocycles. The molecular weight excluding hydrogens is 304 g/mol. The van der Waals surface area contributed by atoms with Crippen molar-refractivity contribution in [3.63, 3.8) is 0 Å². The molecule has 0 spiro atoms. The summed E-state index contributed by atoms with van der Waals surface area (Å²) >= 11 is 0. The third-order valence-electron chi connectivity index (χ3n) is 3.51. The van der Waals surface area contributed by atoms with Gasteiger partial charge in [-0.05, 0) is 35.4 Å². The van der Waals surface area contributed by atoms with Gasteiger partial charge in [0.05, 0.1) is 12.7 Å².